The highest BCUT2D eigenvalue weighted by atomic mass is 15.2. The molecule has 0 spiro atoms. The van der Waals surface area contributed by atoms with E-state index in [1.54, 1.807) is 0 Å². The number of fused-ring (bicyclic) bond motifs is 13. The molecule has 0 saturated heterocycles. The molecule has 446 valence electrons. The molecule has 0 N–H and O–H groups in total. The molecule has 93 heavy (non-hydrogen) atoms. The molecule has 6 nitrogen and oxygen atoms in total. The van der Waals surface area contributed by atoms with Crippen molar-refractivity contribution in [3.63, 3.8) is 0 Å². The molecule has 0 aliphatic heterocycles. The Morgan fingerprint density at radius 3 is 0.839 bits per heavy atom. The van der Waals surface area contributed by atoms with Crippen molar-refractivity contribution in [3.8, 4) is 33.4 Å². The Labute approximate surface area is 543 Å². The lowest BCUT2D eigenvalue weighted by Gasteiger charge is -2.30. The van der Waals surface area contributed by atoms with Crippen molar-refractivity contribution in [2.75, 3.05) is 9.80 Å². The predicted molar refractivity (Wildman–Crippen MR) is 390 cm³/mol. The van der Waals surface area contributed by atoms with Gasteiger partial charge >= 0.3 is 0 Å². The van der Waals surface area contributed by atoms with E-state index in [4.69, 9.17) is 19.9 Å². The molecule has 0 radical (unpaired) electrons. The number of aromatic nitrogens is 4. The second kappa shape index (κ2) is 21.5. The molecule has 0 fully saturated rings. The Morgan fingerprint density at radius 1 is 0.280 bits per heavy atom. The average Bonchev–Trinajstić information content (AvgIpc) is 1.60. The van der Waals surface area contributed by atoms with Crippen molar-refractivity contribution in [2.24, 2.45) is 0 Å². The number of rotatable bonds is 12. The summed E-state index contributed by atoms with van der Waals surface area (Å²) >= 11 is 0. The van der Waals surface area contributed by atoms with Crippen LogP contribution in [-0.4, -0.2) is 19.9 Å². The molecular weight excluding hydrogens is 1130 g/mol. The molecule has 10 aromatic carbocycles. The van der Waals surface area contributed by atoms with Gasteiger partial charge < -0.3 is 0 Å². The number of para-hydroxylation sites is 4. The summed E-state index contributed by atoms with van der Waals surface area (Å²) in [6, 6.07) is 92.4. The van der Waals surface area contributed by atoms with E-state index < -0.39 is 0 Å². The zero-order valence-corrected chi connectivity index (χ0v) is 53.2. The number of hydrogen-bond acceptors (Lipinski definition) is 6. The Hall–Kier alpha value is -11.1. The lowest BCUT2D eigenvalue weighted by molar-refractivity contribution is 0.490. The zero-order valence-electron chi connectivity index (χ0n) is 53.2. The van der Waals surface area contributed by atoms with Crippen LogP contribution in [0.4, 0.5) is 34.6 Å². The highest BCUT2D eigenvalue weighted by Gasteiger charge is 2.42. The first kappa shape index (κ1) is 55.9. The largest absolute Gasteiger partial charge is 0.279 e. The lowest BCUT2D eigenvalue weighted by atomic mass is 9.73. The van der Waals surface area contributed by atoms with Crippen LogP contribution in [0.2, 0.25) is 0 Å². The Balaban J connectivity index is 0.631. The van der Waals surface area contributed by atoms with E-state index in [2.05, 4.69) is 330 Å². The van der Waals surface area contributed by atoms with E-state index in [0.717, 1.165) is 91.1 Å². The van der Waals surface area contributed by atoms with Gasteiger partial charge in [0.2, 0.25) is 0 Å². The SMILES string of the molecule is CCC1(CC)c2cc(/C=C/c3ccc4c(c3)C(C)(C)c3cc(N(c5ccc6ccccc6n5)c5ccc6ccccc6n5)ccc3-4)ccc2-c2ccc(/C=C/c3ccc4c(c3)C(C)(C)c3cc(N(c5ccc6ccccc6n5)c5ccc6ccccc6n5)ccc3-4)cc21. The highest BCUT2D eigenvalue weighted by Crippen LogP contribution is 2.55. The van der Waals surface area contributed by atoms with Crippen LogP contribution in [0.5, 0.6) is 0 Å². The molecule has 4 aromatic heterocycles. The van der Waals surface area contributed by atoms with E-state index >= 15 is 0 Å². The Bertz CT molecular complexity index is 4980. The van der Waals surface area contributed by atoms with Crippen molar-refractivity contribution >= 4 is 103 Å². The first-order chi connectivity index (χ1) is 45.4. The smallest absolute Gasteiger partial charge is 0.139 e. The first-order valence-corrected chi connectivity index (χ1v) is 32.7. The molecule has 14 aromatic rings. The van der Waals surface area contributed by atoms with Gasteiger partial charge in [-0.05, 0) is 199 Å². The van der Waals surface area contributed by atoms with E-state index in [-0.39, 0.29) is 16.2 Å². The summed E-state index contributed by atoms with van der Waals surface area (Å²) in [6.45, 7) is 14.2. The van der Waals surface area contributed by atoms with Crippen LogP contribution in [-0.2, 0) is 16.2 Å². The minimum atomic E-state index is -0.255. The molecule has 0 unspecified atom stereocenters. The molecule has 6 heteroatoms. The fourth-order valence-electron chi connectivity index (χ4n) is 15.6. The van der Waals surface area contributed by atoms with E-state index in [9.17, 15) is 0 Å². The van der Waals surface area contributed by atoms with Gasteiger partial charge in [0.05, 0.1) is 22.1 Å². The van der Waals surface area contributed by atoms with Crippen molar-refractivity contribution in [2.45, 2.75) is 70.6 Å². The highest BCUT2D eigenvalue weighted by molar-refractivity contribution is 5.93. The molecule has 4 heterocycles. The van der Waals surface area contributed by atoms with Gasteiger partial charge in [0.15, 0.2) is 0 Å². The van der Waals surface area contributed by atoms with Gasteiger partial charge in [0.25, 0.3) is 0 Å². The number of nitrogens with zero attached hydrogens (tertiary/aromatic N) is 6. The third kappa shape index (κ3) is 9.13. The summed E-state index contributed by atoms with van der Waals surface area (Å²) in [5.74, 6) is 3.31. The summed E-state index contributed by atoms with van der Waals surface area (Å²) in [4.78, 5) is 25.3. The summed E-state index contributed by atoms with van der Waals surface area (Å²) in [6.07, 6.45) is 11.2. The molecule has 0 atom stereocenters. The minimum absolute atomic E-state index is 0.0998. The van der Waals surface area contributed by atoms with Gasteiger partial charge in [-0.3, -0.25) is 9.80 Å². The molecule has 3 aliphatic carbocycles. The van der Waals surface area contributed by atoms with Crippen LogP contribution in [0, 0.1) is 0 Å². The normalized spacial score (nSPS) is 14.4. The monoisotopic (exact) mass is 1200 g/mol. The van der Waals surface area contributed by atoms with Crippen molar-refractivity contribution in [1.29, 1.82) is 0 Å². The zero-order chi connectivity index (χ0) is 62.7. The van der Waals surface area contributed by atoms with Crippen LogP contribution < -0.4 is 9.80 Å². The fourth-order valence-corrected chi connectivity index (χ4v) is 15.6. The van der Waals surface area contributed by atoms with Gasteiger partial charge in [-0.1, -0.05) is 224 Å². The summed E-state index contributed by atoms with van der Waals surface area (Å²) in [5.41, 5.74) is 25.9. The van der Waals surface area contributed by atoms with Crippen molar-refractivity contribution < 1.29 is 0 Å². The minimum Gasteiger partial charge on any atom is -0.279 e. The standard InChI is InChI=1S/C87H68N6/c1-7-87(8-2)75-51-57(27-25-55-29-39-65-67-43-37-63(53-73(67)85(3,4)71(65)49-55)92(81-45-33-59-17-9-13-21-77(59)88-81)82-46-34-60-18-10-14-22-78(60)89-82)31-41-69(75)70-42-32-58(52-76(70)87)28-26-56-30-40-66-68-44-38-64(54-74(68)86(5,6)72(66)50-56)93(83-47-35-61-19-11-15-23-79(61)90-83)84-48-36-62-20-12-16-24-80(62)91-84/h9-54H,7-8H2,1-6H3/b27-25+,28-26+. The van der Waals surface area contributed by atoms with Gasteiger partial charge in [0.1, 0.15) is 23.3 Å². The quantitative estimate of drug-likeness (QED) is 0.114. The Kier molecular flexibility index (Phi) is 13.0. The average molecular weight is 1200 g/mol. The molecule has 17 rings (SSSR count). The number of anilines is 6. The van der Waals surface area contributed by atoms with Gasteiger partial charge in [-0.2, -0.15) is 0 Å². The second-order valence-corrected chi connectivity index (χ2v) is 26.5. The third-order valence-electron chi connectivity index (χ3n) is 20.7. The fraction of sp³-hybridized carbons (Fsp3) is 0.126. The van der Waals surface area contributed by atoms with Gasteiger partial charge in [-0.25, -0.2) is 19.9 Å². The summed E-state index contributed by atoms with van der Waals surface area (Å²) in [5, 5.41) is 4.42. The van der Waals surface area contributed by atoms with Crippen molar-refractivity contribution in [3.05, 3.63) is 310 Å². The maximum atomic E-state index is 5.21. The maximum absolute atomic E-state index is 5.21. The molecule has 0 bridgehead atoms. The third-order valence-corrected chi connectivity index (χ3v) is 20.7. The number of pyridine rings is 4. The van der Waals surface area contributed by atoms with E-state index in [0.29, 0.717) is 0 Å². The number of benzene rings is 10. The summed E-state index contributed by atoms with van der Waals surface area (Å²) in [7, 11) is 0. The predicted octanol–water partition coefficient (Wildman–Crippen LogP) is 22.9. The lowest BCUT2D eigenvalue weighted by Crippen LogP contribution is -2.23. The van der Waals surface area contributed by atoms with E-state index in [1.165, 1.54) is 89.0 Å². The van der Waals surface area contributed by atoms with Crippen molar-refractivity contribution in [1.82, 2.24) is 19.9 Å². The van der Waals surface area contributed by atoms with Crippen LogP contribution in [0.25, 0.3) is 101 Å². The Morgan fingerprint density at radius 2 is 0.538 bits per heavy atom. The maximum Gasteiger partial charge on any atom is 0.139 e. The van der Waals surface area contributed by atoms with E-state index in [1.807, 2.05) is 0 Å². The first-order valence-electron chi connectivity index (χ1n) is 32.7. The summed E-state index contributed by atoms with van der Waals surface area (Å²) < 4.78 is 0. The molecule has 3 aliphatic rings. The molecular formula is C87H68N6. The van der Waals surface area contributed by atoms with Gasteiger partial charge in [-0.15, -0.1) is 0 Å². The second-order valence-electron chi connectivity index (χ2n) is 26.5. The van der Waals surface area contributed by atoms with Crippen LogP contribution in [0.1, 0.15) is 110 Å². The number of hydrogen-bond donors (Lipinski definition) is 0. The van der Waals surface area contributed by atoms with Crippen LogP contribution >= 0.6 is 0 Å². The molecule has 0 saturated carbocycles. The topological polar surface area (TPSA) is 58.0 Å². The van der Waals surface area contributed by atoms with Gasteiger partial charge in [0, 0.05) is 49.2 Å². The van der Waals surface area contributed by atoms with Crippen LogP contribution in [0.15, 0.2) is 255 Å². The molecule has 0 amide bonds. The van der Waals surface area contributed by atoms with Crippen LogP contribution in [0.3, 0.4) is 0 Å².